The van der Waals surface area contributed by atoms with E-state index in [0.717, 1.165) is 36.3 Å². The van der Waals surface area contributed by atoms with Gasteiger partial charge < -0.3 is 21.1 Å². The number of fused-ring (bicyclic) bond motifs is 1. The maximum atomic E-state index is 11.6. The minimum Gasteiger partial charge on any atom is -0.394 e. The summed E-state index contributed by atoms with van der Waals surface area (Å²) in [7, 11) is 0. The fourth-order valence-electron chi connectivity index (χ4n) is 2.86. The van der Waals surface area contributed by atoms with Gasteiger partial charge in [0.1, 0.15) is 6.04 Å². The van der Waals surface area contributed by atoms with Gasteiger partial charge in [0.2, 0.25) is 5.91 Å². The van der Waals surface area contributed by atoms with Gasteiger partial charge in [-0.2, -0.15) is 0 Å². The normalized spacial score (nSPS) is 25.6. The summed E-state index contributed by atoms with van der Waals surface area (Å²) in [6, 6.07) is 3.06. The Labute approximate surface area is 116 Å². The fourth-order valence-corrected chi connectivity index (χ4v) is 3.14. The van der Waals surface area contributed by atoms with Crippen LogP contribution in [0.3, 0.4) is 0 Å². The van der Waals surface area contributed by atoms with Crippen LogP contribution < -0.4 is 16.0 Å². The van der Waals surface area contributed by atoms with Crippen LogP contribution in [0.4, 0.5) is 11.4 Å². The first kappa shape index (κ1) is 12.7. The lowest BCUT2D eigenvalue weighted by molar-refractivity contribution is -0.116. The molecule has 1 aromatic rings. The van der Waals surface area contributed by atoms with Gasteiger partial charge in [0.15, 0.2) is 0 Å². The van der Waals surface area contributed by atoms with Gasteiger partial charge in [-0.15, -0.1) is 0 Å². The van der Waals surface area contributed by atoms with E-state index in [9.17, 15) is 9.90 Å². The van der Waals surface area contributed by atoms with E-state index in [0.29, 0.717) is 5.02 Å². The van der Waals surface area contributed by atoms with Gasteiger partial charge in [-0.3, -0.25) is 4.79 Å². The third-order valence-corrected chi connectivity index (χ3v) is 4.19. The summed E-state index contributed by atoms with van der Waals surface area (Å²) in [5, 5.41) is 12.7. The van der Waals surface area contributed by atoms with Gasteiger partial charge in [-0.1, -0.05) is 11.6 Å². The molecule has 1 saturated heterocycles. The van der Waals surface area contributed by atoms with E-state index in [1.807, 2.05) is 6.07 Å². The maximum Gasteiger partial charge on any atom is 0.245 e. The number of anilines is 2. The summed E-state index contributed by atoms with van der Waals surface area (Å²) in [5.74, 6) is -0.205. The molecule has 2 aliphatic rings. The predicted molar refractivity (Wildman–Crippen MR) is 74.5 cm³/mol. The zero-order valence-electron chi connectivity index (χ0n) is 10.4. The van der Waals surface area contributed by atoms with Crippen molar-refractivity contribution in [1.29, 1.82) is 0 Å². The van der Waals surface area contributed by atoms with Crippen molar-refractivity contribution in [2.45, 2.75) is 24.9 Å². The van der Waals surface area contributed by atoms with E-state index in [1.54, 1.807) is 6.07 Å². The average molecular weight is 282 g/mol. The number of carbonyl (C=O) groups excluding carboxylic acids is 1. The van der Waals surface area contributed by atoms with Crippen molar-refractivity contribution in [3.05, 3.63) is 22.7 Å². The lowest BCUT2D eigenvalue weighted by atomic mass is 10.1. The molecule has 0 bridgehead atoms. The number of aliphatic hydroxyl groups is 1. The van der Waals surface area contributed by atoms with Crippen LogP contribution in [0.15, 0.2) is 12.1 Å². The summed E-state index contributed by atoms with van der Waals surface area (Å²) in [6.45, 7) is 0.975. The lowest BCUT2D eigenvalue weighted by Gasteiger charge is -2.26. The highest BCUT2D eigenvalue weighted by Gasteiger charge is 2.31. The van der Waals surface area contributed by atoms with Gasteiger partial charge >= 0.3 is 0 Å². The van der Waals surface area contributed by atoms with Crippen LogP contribution in [-0.4, -0.2) is 30.2 Å². The summed E-state index contributed by atoms with van der Waals surface area (Å²) in [6.07, 6.45) is 1.99. The Morgan fingerprint density at radius 1 is 1.53 bits per heavy atom. The number of rotatable bonds is 2. The van der Waals surface area contributed by atoms with Gasteiger partial charge in [0.25, 0.3) is 0 Å². The highest BCUT2D eigenvalue weighted by Crippen LogP contribution is 2.40. The molecule has 2 unspecified atom stereocenters. The Kier molecular flexibility index (Phi) is 3.12. The first-order chi connectivity index (χ1) is 9.11. The molecule has 1 aromatic carbocycles. The molecule has 19 heavy (non-hydrogen) atoms. The van der Waals surface area contributed by atoms with E-state index < -0.39 is 6.04 Å². The third kappa shape index (κ3) is 1.98. The Morgan fingerprint density at radius 2 is 2.32 bits per heavy atom. The van der Waals surface area contributed by atoms with E-state index in [2.05, 4.69) is 10.2 Å². The van der Waals surface area contributed by atoms with Crippen molar-refractivity contribution >= 4 is 28.9 Å². The Morgan fingerprint density at radius 3 is 3.05 bits per heavy atom. The van der Waals surface area contributed by atoms with Crippen LogP contribution in [0.25, 0.3) is 0 Å². The number of halogens is 1. The molecule has 2 heterocycles. The Bertz CT molecular complexity index is 535. The van der Waals surface area contributed by atoms with Gasteiger partial charge in [-0.05, 0) is 25.0 Å². The van der Waals surface area contributed by atoms with Crippen LogP contribution in [0.2, 0.25) is 5.02 Å². The first-order valence-electron chi connectivity index (χ1n) is 6.39. The predicted octanol–water partition coefficient (Wildman–Crippen LogP) is 1.25. The summed E-state index contributed by atoms with van der Waals surface area (Å²) < 4.78 is 0. The molecule has 6 heteroatoms. The molecule has 0 radical (unpaired) electrons. The minimum absolute atomic E-state index is 0.0985. The second-order valence-electron chi connectivity index (χ2n) is 5.03. The largest absolute Gasteiger partial charge is 0.394 e. The number of amides is 1. The van der Waals surface area contributed by atoms with Crippen LogP contribution in [0.5, 0.6) is 0 Å². The molecule has 1 amide bonds. The number of aliphatic hydroxyl groups excluding tert-OH is 1. The van der Waals surface area contributed by atoms with Crippen LogP contribution in [0.1, 0.15) is 24.4 Å². The zero-order valence-corrected chi connectivity index (χ0v) is 11.2. The highest BCUT2D eigenvalue weighted by molar-refractivity contribution is 6.33. The maximum absolute atomic E-state index is 11.6. The third-order valence-electron chi connectivity index (χ3n) is 3.89. The van der Waals surface area contributed by atoms with E-state index in [4.69, 9.17) is 17.3 Å². The number of nitrogens with one attached hydrogen (secondary N) is 1. The molecule has 5 nitrogen and oxygen atoms in total. The molecule has 102 valence electrons. The number of benzene rings is 1. The van der Waals surface area contributed by atoms with Crippen molar-refractivity contribution in [3.8, 4) is 0 Å². The summed E-state index contributed by atoms with van der Waals surface area (Å²) in [4.78, 5) is 13.7. The summed E-state index contributed by atoms with van der Waals surface area (Å²) >= 11 is 6.31. The second-order valence-corrected chi connectivity index (χ2v) is 5.44. The smallest absolute Gasteiger partial charge is 0.245 e. The summed E-state index contributed by atoms with van der Waals surface area (Å²) in [5.41, 5.74) is 8.10. The number of nitrogens with zero attached hydrogens (tertiary/aromatic N) is 1. The quantitative estimate of drug-likeness (QED) is 0.762. The van der Waals surface area contributed by atoms with Crippen molar-refractivity contribution in [3.63, 3.8) is 0 Å². The van der Waals surface area contributed by atoms with Crippen LogP contribution in [-0.2, 0) is 4.79 Å². The second kappa shape index (κ2) is 4.67. The number of hydrogen-bond acceptors (Lipinski definition) is 4. The molecule has 1 fully saturated rings. The number of hydrogen-bond donors (Lipinski definition) is 3. The fraction of sp³-hybridized carbons (Fsp3) is 0.462. The topological polar surface area (TPSA) is 78.6 Å². The highest BCUT2D eigenvalue weighted by atomic mass is 35.5. The molecular formula is C13H16ClN3O2. The molecule has 0 saturated carbocycles. The van der Waals surface area contributed by atoms with Crippen molar-refractivity contribution < 1.29 is 9.90 Å². The van der Waals surface area contributed by atoms with Crippen molar-refractivity contribution in [2.24, 2.45) is 5.73 Å². The molecule has 0 aliphatic carbocycles. The van der Waals surface area contributed by atoms with Gasteiger partial charge in [0, 0.05) is 17.8 Å². The van der Waals surface area contributed by atoms with Crippen LogP contribution in [0, 0.1) is 0 Å². The van der Waals surface area contributed by atoms with Crippen molar-refractivity contribution in [1.82, 2.24) is 0 Å². The minimum atomic E-state index is -0.645. The standard InChI is InChI=1S/C13H16ClN3O2/c14-9-4-8-10(16-13(19)12(8)15)5-11(9)17-3-1-2-7(17)6-18/h4-5,7,12,18H,1-3,6,15H2,(H,16,19). The average Bonchev–Trinajstić information content (AvgIpc) is 2.96. The Balaban J connectivity index is 2.00. The monoisotopic (exact) mass is 281 g/mol. The van der Waals surface area contributed by atoms with Crippen LogP contribution >= 0.6 is 11.6 Å². The molecule has 0 aromatic heterocycles. The SMILES string of the molecule is NC1C(=O)Nc2cc(N3CCCC3CO)c(Cl)cc21. The van der Waals surface area contributed by atoms with Gasteiger partial charge in [0.05, 0.1) is 23.4 Å². The molecule has 4 N–H and O–H groups in total. The first-order valence-corrected chi connectivity index (χ1v) is 6.77. The molecular weight excluding hydrogens is 266 g/mol. The molecule has 3 rings (SSSR count). The molecule has 2 atom stereocenters. The number of nitrogens with two attached hydrogens (primary N) is 1. The zero-order chi connectivity index (χ0) is 13.6. The lowest BCUT2D eigenvalue weighted by Crippen LogP contribution is -2.32. The number of carbonyl (C=O) groups is 1. The Hall–Kier alpha value is -1.30. The van der Waals surface area contributed by atoms with Gasteiger partial charge in [-0.25, -0.2) is 0 Å². The van der Waals surface area contributed by atoms with Crippen molar-refractivity contribution in [2.75, 3.05) is 23.4 Å². The molecule has 2 aliphatic heterocycles. The van der Waals surface area contributed by atoms with E-state index >= 15 is 0 Å². The van der Waals surface area contributed by atoms with E-state index in [-0.39, 0.29) is 18.6 Å². The van der Waals surface area contributed by atoms with E-state index in [1.165, 1.54) is 0 Å². The molecule has 0 spiro atoms.